The summed E-state index contributed by atoms with van der Waals surface area (Å²) < 4.78 is 5.16. The highest BCUT2D eigenvalue weighted by Gasteiger charge is 2.04. The predicted octanol–water partition coefficient (Wildman–Crippen LogP) is 3.56. The van der Waals surface area contributed by atoms with Gasteiger partial charge < -0.3 is 10.1 Å². The average molecular weight is 267 g/mol. The quantitative estimate of drug-likeness (QED) is 0.728. The highest BCUT2D eigenvalue weighted by molar-refractivity contribution is 8.00. The van der Waals surface area contributed by atoms with Crippen LogP contribution in [0.3, 0.4) is 0 Å². The molecule has 0 saturated carbocycles. The molecule has 1 unspecified atom stereocenters. The van der Waals surface area contributed by atoms with Crippen LogP contribution >= 0.6 is 11.8 Å². The normalized spacial score (nSPS) is 12.9. The number of ether oxygens (including phenoxy) is 1. The summed E-state index contributed by atoms with van der Waals surface area (Å²) in [7, 11) is 1.75. The Morgan fingerprint density at radius 3 is 2.72 bits per heavy atom. The molecule has 1 atom stereocenters. The molecular formula is C15H25NOS. The Morgan fingerprint density at radius 2 is 2.06 bits per heavy atom. The number of benzene rings is 1. The van der Waals surface area contributed by atoms with Gasteiger partial charge in [0.15, 0.2) is 0 Å². The Balaban J connectivity index is 2.46. The molecule has 0 bridgehead atoms. The third-order valence-corrected chi connectivity index (χ3v) is 3.58. The zero-order valence-corrected chi connectivity index (χ0v) is 12.7. The van der Waals surface area contributed by atoms with E-state index in [1.54, 1.807) is 7.11 Å². The van der Waals surface area contributed by atoms with E-state index < -0.39 is 0 Å². The number of hydrogen-bond donors (Lipinski definition) is 1. The first-order valence-corrected chi connectivity index (χ1v) is 7.45. The summed E-state index contributed by atoms with van der Waals surface area (Å²) in [5, 5.41) is 3.97. The van der Waals surface area contributed by atoms with Crippen LogP contribution in [0.5, 0.6) is 0 Å². The summed E-state index contributed by atoms with van der Waals surface area (Å²) in [6.07, 6.45) is 0. The summed E-state index contributed by atoms with van der Waals surface area (Å²) in [6.45, 7) is 9.46. The van der Waals surface area contributed by atoms with Gasteiger partial charge in [-0.15, -0.1) is 11.8 Å². The number of rotatable bonds is 8. The van der Waals surface area contributed by atoms with E-state index in [1.165, 1.54) is 10.5 Å². The number of nitrogens with one attached hydrogen (secondary N) is 1. The first-order chi connectivity index (χ1) is 8.61. The van der Waals surface area contributed by atoms with Crippen molar-refractivity contribution in [1.82, 2.24) is 5.32 Å². The maximum atomic E-state index is 5.16. The SMILES string of the molecule is COCC(C)Sc1cccc(CNCC(C)C)c1. The van der Waals surface area contributed by atoms with E-state index in [1.807, 2.05) is 11.8 Å². The summed E-state index contributed by atoms with van der Waals surface area (Å²) in [5.74, 6) is 0.698. The number of hydrogen-bond acceptors (Lipinski definition) is 3. The van der Waals surface area contributed by atoms with Crippen molar-refractivity contribution < 1.29 is 4.74 Å². The van der Waals surface area contributed by atoms with Crippen LogP contribution in [0.2, 0.25) is 0 Å². The molecule has 0 aliphatic rings. The highest BCUT2D eigenvalue weighted by Crippen LogP contribution is 2.24. The molecule has 0 heterocycles. The first kappa shape index (κ1) is 15.5. The molecule has 1 aromatic carbocycles. The Labute approximate surface area is 116 Å². The van der Waals surface area contributed by atoms with Gasteiger partial charge in [-0.25, -0.2) is 0 Å². The van der Waals surface area contributed by atoms with Crippen molar-refractivity contribution in [1.29, 1.82) is 0 Å². The number of thioether (sulfide) groups is 1. The van der Waals surface area contributed by atoms with Crippen LogP contribution in [0.1, 0.15) is 26.3 Å². The molecule has 102 valence electrons. The molecule has 0 radical (unpaired) electrons. The molecule has 2 nitrogen and oxygen atoms in total. The Morgan fingerprint density at radius 1 is 1.28 bits per heavy atom. The minimum absolute atomic E-state index is 0.494. The Kier molecular flexibility index (Phi) is 7.40. The highest BCUT2D eigenvalue weighted by atomic mass is 32.2. The van der Waals surface area contributed by atoms with Gasteiger partial charge in [0.05, 0.1) is 6.61 Å². The second-order valence-corrected chi connectivity index (χ2v) is 6.57. The molecule has 0 fully saturated rings. The zero-order valence-electron chi connectivity index (χ0n) is 11.9. The maximum Gasteiger partial charge on any atom is 0.0582 e. The van der Waals surface area contributed by atoms with Gasteiger partial charge in [0.2, 0.25) is 0 Å². The fourth-order valence-corrected chi connectivity index (χ4v) is 2.78. The average Bonchev–Trinajstić information content (AvgIpc) is 2.29. The van der Waals surface area contributed by atoms with Gasteiger partial charge in [-0.1, -0.05) is 32.9 Å². The van der Waals surface area contributed by atoms with Crippen LogP contribution in [0, 0.1) is 5.92 Å². The zero-order chi connectivity index (χ0) is 13.4. The lowest BCUT2D eigenvalue weighted by Gasteiger charge is -2.12. The van der Waals surface area contributed by atoms with E-state index in [9.17, 15) is 0 Å². The van der Waals surface area contributed by atoms with Gasteiger partial charge in [-0.05, 0) is 30.2 Å². The van der Waals surface area contributed by atoms with Crippen LogP contribution in [-0.2, 0) is 11.3 Å². The van der Waals surface area contributed by atoms with Gasteiger partial charge in [0.1, 0.15) is 0 Å². The third-order valence-electron chi connectivity index (χ3n) is 2.52. The van der Waals surface area contributed by atoms with Gasteiger partial charge >= 0.3 is 0 Å². The summed E-state index contributed by atoms with van der Waals surface area (Å²) in [4.78, 5) is 1.32. The van der Waals surface area contributed by atoms with Crippen molar-refractivity contribution in [2.24, 2.45) is 5.92 Å². The summed E-state index contributed by atoms with van der Waals surface area (Å²) >= 11 is 1.87. The Hall–Kier alpha value is -0.510. The largest absolute Gasteiger partial charge is 0.384 e. The van der Waals surface area contributed by atoms with Gasteiger partial charge in [-0.2, -0.15) is 0 Å². The molecular weight excluding hydrogens is 242 g/mol. The molecule has 1 aromatic rings. The van der Waals surface area contributed by atoms with Crippen LogP contribution in [-0.4, -0.2) is 25.5 Å². The Bertz CT molecular complexity index is 341. The predicted molar refractivity (Wildman–Crippen MR) is 80.2 cm³/mol. The van der Waals surface area contributed by atoms with Crippen LogP contribution in [0.4, 0.5) is 0 Å². The smallest absolute Gasteiger partial charge is 0.0582 e. The molecule has 0 amide bonds. The van der Waals surface area contributed by atoms with E-state index in [-0.39, 0.29) is 0 Å². The number of methoxy groups -OCH3 is 1. The van der Waals surface area contributed by atoms with E-state index in [0.29, 0.717) is 11.2 Å². The van der Waals surface area contributed by atoms with Crippen LogP contribution < -0.4 is 5.32 Å². The lowest BCUT2D eigenvalue weighted by molar-refractivity contribution is 0.203. The standard InChI is InChI=1S/C15H25NOS/c1-12(2)9-16-10-14-6-5-7-15(8-14)18-13(3)11-17-4/h5-8,12-13,16H,9-11H2,1-4H3. The van der Waals surface area contributed by atoms with Gasteiger partial charge in [-0.3, -0.25) is 0 Å². The van der Waals surface area contributed by atoms with Gasteiger partial charge in [0, 0.05) is 23.8 Å². The van der Waals surface area contributed by atoms with E-state index in [0.717, 1.165) is 19.7 Å². The fraction of sp³-hybridized carbons (Fsp3) is 0.600. The van der Waals surface area contributed by atoms with Crippen LogP contribution in [0.25, 0.3) is 0 Å². The maximum absolute atomic E-state index is 5.16. The van der Waals surface area contributed by atoms with E-state index in [4.69, 9.17) is 4.74 Å². The second kappa shape index (κ2) is 8.57. The lowest BCUT2D eigenvalue weighted by atomic mass is 10.2. The minimum atomic E-state index is 0.494. The molecule has 3 heteroatoms. The van der Waals surface area contributed by atoms with Crippen molar-refractivity contribution in [3.8, 4) is 0 Å². The third kappa shape index (κ3) is 6.43. The molecule has 1 N–H and O–H groups in total. The van der Waals surface area contributed by atoms with Crippen molar-refractivity contribution in [2.75, 3.05) is 20.3 Å². The molecule has 0 saturated heterocycles. The monoisotopic (exact) mass is 267 g/mol. The van der Waals surface area contributed by atoms with Crippen molar-refractivity contribution in [2.45, 2.75) is 37.5 Å². The molecule has 0 spiro atoms. The molecule has 0 aromatic heterocycles. The molecule has 18 heavy (non-hydrogen) atoms. The lowest BCUT2D eigenvalue weighted by Crippen LogP contribution is -2.18. The molecule has 0 aliphatic heterocycles. The van der Waals surface area contributed by atoms with E-state index in [2.05, 4.69) is 50.4 Å². The molecule has 1 rings (SSSR count). The molecule has 0 aliphatic carbocycles. The first-order valence-electron chi connectivity index (χ1n) is 6.57. The second-order valence-electron chi connectivity index (χ2n) is 5.06. The summed E-state index contributed by atoms with van der Waals surface area (Å²) in [5.41, 5.74) is 1.35. The van der Waals surface area contributed by atoms with Gasteiger partial charge in [0.25, 0.3) is 0 Å². The van der Waals surface area contributed by atoms with E-state index >= 15 is 0 Å². The fourth-order valence-electron chi connectivity index (χ4n) is 1.73. The topological polar surface area (TPSA) is 21.3 Å². The van der Waals surface area contributed by atoms with Crippen molar-refractivity contribution in [3.63, 3.8) is 0 Å². The summed E-state index contributed by atoms with van der Waals surface area (Å²) in [6, 6.07) is 8.75. The minimum Gasteiger partial charge on any atom is -0.384 e. The van der Waals surface area contributed by atoms with Crippen LogP contribution in [0.15, 0.2) is 29.2 Å². The van der Waals surface area contributed by atoms with Crippen molar-refractivity contribution in [3.05, 3.63) is 29.8 Å². The van der Waals surface area contributed by atoms with Crippen molar-refractivity contribution >= 4 is 11.8 Å².